The second-order valence-corrected chi connectivity index (χ2v) is 9.34. The van der Waals surface area contributed by atoms with Crippen LogP contribution in [0, 0.1) is 5.92 Å². The van der Waals surface area contributed by atoms with Gasteiger partial charge in [0.15, 0.2) is 0 Å². The molecule has 0 aliphatic heterocycles. The standard InChI is InChI=1S/C26H28N2O5/c29-23(28-26(24(30)31)13-6-14-26)20-11-5-12-22(20)27-25(32)33-15-21-18-9-3-1-7-16(18)17-8-2-4-10-19(17)21/h1-4,7-10,20-22H,5-6,11-15H2,(H,27,32)(H,28,29)(H,30,31)/t20-,22+/m1/s1. The average molecular weight is 449 g/mol. The van der Waals surface area contributed by atoms with Crippen LogP contribution in [0.2, 0.25) is 0 Å². The summed E-state index contributed by atoms with van der Waals surface area (Å²) >= 11 is 0. The third kappa shape index (κ3) is 3.86. The zero-order chi connectivity index (χ0) is 23.0. The van der Waals surface area contributed by atoms with E-state index >= 15 is 0 Å². The number of carbonyl (C=O) groups is 3. The Morgan fingerprint density at radius 3 is 2.15 bits per heavy atom. The number of hydrogen-bond donors (Lipinski definition) is 3. The lowest BCUT2D eigenvalue weighted by Gasteiger charge is -2.39. The molecule has 33 heavy (non-hydrogen) atoms. The third-order valence-corrected chi connectivity index (χ3v) is 7.48. The number of fused-ring (bicyclic) bond motifs is 3. The van der Waals surface area contributed by atoms with E-state index in [0.29, 0.717) is 25.7 Å². The lowest BCUT2D eigenvalue weighted by atomic mass is 9.76. The lowest BCUT2D eigenvalue weighted by molar-refractivity contribution is -0.152. The molecule has 2 fully saturated rings. The van der Waals surface area contributed by atoms with Gasteiger partial charge in [-0.25, -0.2) is 9.59 Å². The van der Waals surface area contributed by atoms with E-state index in [2.05, 4.69) is 34.9 Å². The van der Waals surface area contributed by atoms with Gasteiger partial charge in [-0.2, -0.15) is 0 Å². The average Bonchev–Trinajstić information content (AvgIpc) is 3.37. The number of carboxylic acid groups (broad SMARTS) is 1. The van der Waals surface area contributed by atoms with Crippen molar-refractivity contribution in [1.29, 1.82) is 0 Å². The van der Waals surface area contributed by atoms with E-state index < -0.39 is 23.5 Å². The third-order valence-electron chi connectivity index (χ3n) is 7.48. The minimum atomic E-state index is -1.14. The Morgan fingerprint density at radius 1 is 0.939 bits per heavy atom. The fourth-order valence-electron chi connectivity index (χ4n) is 5.49. The first-order valence-corrected chi connectivity index (χ1v) is 11.7. The highest BCUT2D eigenvalue weighted by Gasteiger charge is 2.47. The van der Waals surface area contributed by atoms with Crippen LogP contribution in [0.25, 0.3) is 11.1 Å². The first-order chi connectivity index (χ1) is 16.0. The summed E-state index contributed by atoms with van der Waals surface area (Å²) < 4.78 is 5.63. The van der Waals surface area contributed by atoms with Crippen molar-refractivity contribution in [3.63, 3.8) is 0 Å². The summed E-state index contributed by atoms with van der Waals surface area (Å²) in [5, 5.41) is 15.1. The zero-order valence-corrected chi connectivity index (χ0v) is 18.4. The topological polar surface area (TPSA) is 105 Å². The van der Waals surface area contributed by atoms with Crippen molar-refractivity contribution < 1.29 is 24.2 Å². The summed E-state index contributed by atoms with van der Waals surface area (Å²) in [4.78, 5) is 37.1. The van der Waals surface area contributed by atoms with Crippen LogP contribution >= 0.6 is 0 Å². The predicted octanol–water partition coefficient (Wildman–Crippen LogP) is 3.82. The Hall–Kier alpha value is -3.35. The Kier molecular flexibility index (Phi) is 5.56. The number of rotatable bonds is 6. The SMILES string of the molecule is O=C(N[C@H]1CCC[C@H]1C(=O)NC1(C(=O)O)CCC1)OCC1c2ccccc2-c2ccccc21. The molecule has 0 bridgehead atoms. The van der Waals surface area contributed by atoms with E-state index in [0.717, 1.165) is 35.1 Å². The number of carboxylic acids is 1. The molecule has 5 rings (SSSR count). The van der Waals surface area contributed by atoms with E-state index in [-0.39, 0.29) is 24.5 Å². The molecule has 3 aliphatic carbocycles. The van der Waals surface area contributed by atoms with Gasteiger partial charge in [0.25, 0.3) is 0 Å². The zero-order valence-electron chi connectivity index (χ0n) is 18.4. The number of nitrogens with one attached hydrogen (secondary N) is 2. The van der Waals surface area contributed by atoms with Crippen molar-refractivity contribution in [2.45, 2.75) is 56.0 Å². The van der Waals surface area contributed by atoms with Crippen LogP contribution in [-0.4, -0.2) is 41.3 Å². The fourth-order valence-corrected chi connectivity index (χ4v) is 5.49. The van der Waals surface area contributed by atoms with E-state index in [1.807, 2.05) is 24.3 Å². The molecular weight excluding hydrogens is 420 g/mol. The van der Waals surface area contributed by atoms with Crippen molar-refractivity contribution in [2.24, 2.45) is 5.92 Å². The fraction of sp³-hybridized carbons (Fsp3) is 0.423. The molecule has 172 valence electrons. The number of amides is 2. The van der Waals surface area contributed by atoms with Crippen LogP contribution in [0.3, 0.4) is 0 Å². The van der Waals surface area contributed by atoms with E-state index in [4.69, 9.17) is 4.74 Å². The number of hydrogen-bond acceptors (Lipinski definition) is 4. The van der Waals surface area contributed by atoms with E-state index in [1.165, 1.54) is 0 Å². The van der Waals surface area contributed by atoms with Crippen LogP contribution in [0.1, 0.15) is 55.6 Å². The summed E-state index contributed by atoms with van der Waals surface area (Å²) in [7, 11) is 0. The van der Waals surface area contributed by atoms with Crippen LogP contribution < -0.4 is 10.6 Å². The Labute approximate surface area is 192 Å². The maximum Gasteiger partial charge on any atom is 0.407 e. The number of aliphatic carboxylic acids is 1. The molecule has 2 aromatic rings. The van der Waals surface area contributed by atoms with Gasteiger partial charge < -0.3 is 20.5 Å². The predicted molar refractivity (Wildman–Crippen MR) is 122 cm³/mol. The lowest BCUT2D eigenvalue weighted by Crippen LogP contribution is -2.61. The van der Waals surface area contributed by atoms with Crippen molar-refractivity contribution >= 4 is 18.0 Å². The van der Waals surface area contributed by atoms with E-state index in [1.54, 1.807) is 0 Å². The molecule has 2 amide bonds. The highest BCUT2D eigenvalue weighted by molar-refractivity contribution is 5.89. The quantitative estimate of drug-likeness (QED) is 0.623. The van der Waals surface area contributed by atoms with Gasteiger partial charge >= 0.3 is 12.1 Å². The monoisotopic (exact) mass is 448 g/mol. The Balaban J connectivity index is 1.21. The highest BCUT2D eigenvalue weighted by Crippen LogP contribution is 2.44. The first-order valence-electron chi connectivity index (χ1n) is 11.7. The number of ether oxygens (including phenoxy) is 1. The maximum atomic E-state index is 12.8. The van der Waals surface area contributed by atoms with Crippen molar-refractivity contribution in [1.82, 2.24) is 10.6 Å². The van der Waals surface area contributed by atoms with Gasteiger partial charge in [-0.1, -0.05) is 55.0 Å². The van der Waals surface area contributed by atoms with Gasteiger partial charge in [0.2, 0.25) is 5.91 Å². The molecule has 7 nitrogen and oxygen atoms in total. The first kappa shape index (κ1) is 21.5. The minimum Gasteiger partial charge on any atom is -0.480 e. The van der Waals surface area contributed by atoms with Gasteiger partial charge in [0.05, 0.1) is 5.92 Å². The second-order valence-electron chi connectivity index (χ2n) is 9.34. The minimum absolute atomic E-state index is 0.0279. The van der Waals surface area contributed by atoms with Gasteiger partial charge in [-0.15, -0.1) is 0 Å². The molecule has 7 heteroatoms. The molecule has 0 heterocycles. The molecule has 3 aliphatic rings. The summed E-state index contributed by atoms with van der Waals surface area (Å²) in [5.74, 6) is -1.75. The summed E-state index contributed by atoms with van der Waals surface area (Å²) in [6.07, 6.45) is 3.23. The molecule has 0 saturated heterocycles. The number of benzene rings is 2. The Bertz CT molecular complexity index is 1050. The number of alkyl carbamates (subject to hydrolysis) is 1. The summed E-state index contributed by atoms with van der Waals surface area (Å²) in [6, 6.07) is 16.0. The van der Waals surface area contributed by atoms with Gasteiger partial charge in [-0.05, 0) is 54.4 Å². The number of carbonyl (C=O) groups excluding carboxylic acids is 2. The normalized spacial score (nSPS) is 22.5. The van der Waals surface area contributed by atoms with Crippen molar-refractivity contribution in [3.8, 4) is 11.1 Å². The summed E-state index contributed by atoms with van der Waals surface area (Å²) in [5.41, 5.74) is 3.47. The van der Waals surface area contributed by atoms with Crippen molar-refractivity contribution in [2.75, 3.05) is 6.61 Å². The van der Waals surface area contributed by atoms with Gasteiger partial charge in [-0.3, -0.25) is 4.79 Å². The molecule has 3 N–H and O–H groups in total. The summed E-state index contributed by atoms with van der Waals surface area (Å²) in [6.45, 7) is 0.214. The molecule has 0 spiro atoms. The van der Waals surface area contributed by atoms with Crippen molar-refractivity contribution in [3.05, 3.63) is 59.7 Å². The Morgan fingerprint density at radius 2 is 1.58 bits per heavy atom. The van der Waals surface area contributed by atoms with Crippen LogP contribution in [0.5, 0.6) is 0 Å². The van der Waals surface area contributed by atoms with Crippen LogP contribution in [0.4, 0.5) is 4.79 Å². The van der Waals surface area contributed by atoms with Gasteiger partial charge in [0.1, 0.15) is 12.1 Å². The molecule has 2 saturated carbocycles. The van der Waals surface area contributed by atoms with Crippen LogP contribution in [-0.2, 0) is 14.3 Å². The second kappa shape index (κ2) is 8.54. The van der Waals surface area contributed by atoms with Crippen LogP contribution in [0.15, 0.2) is 48.5 Å². The smallest absolute Gasteiger partial charge is 0.407 e. The van der Waals surface area contributed by atoms with E-state index in [9.17, 15) is 19.5 Å². The molecular formula is C26H28N2O5. The molecule has 0 radical (unpaired) electrons. The van der Waals surface area contributed by atoms with Gasteiger partial charge in [0, 0.05) is 12.0 Å². The molecule has 0 unspecified atom stereocenters. The highest BCUT2D eigenvalue weighted by atomic mass is 16.5. The largest absolute Gasteiger partial charge is 0.480 e. The molecule has 0 aromatic heterocycles. The molecule has 2 aromatic carbocycles. The maximum absolute atomic E-state index is 12.8. The molecule has 2 atom stereocenters.